The number of hydrogen-bond acceptors (Lipinski definition) is 6. The number of rotatable bonds is 9. The van der Waals surface area contributed by atoms with Crippen molar-refractivity contribution in [3.05, 3.63) is 53.7 Å². The van der Waals surface area contributed by atoms with Crippen molar-refractivity contribution < 1.29 is 14.1 Å². The fourth-order valence-electron chi connectivity index (χ4n) is 2.20. The Kier molecular flexibility index (Phi) is 6.17. The number of amides is 1. The minimum Gasteiger partial charge on any atom is -0.494 e. The van der Waals surface area contributed by atoms with Crippen LogP contribution < -0.4 is 10.1 Å². The topological polar surface area (TPSA) is 77.2 Å². The van der Waals surface area contributed by atoms with Crippen molar-refractivity contribution in [3.63, 3.8) is 0 Å². The average Bonchev–Trinajstić information content (AvgIpc) is 3.31. The van der Waals surface area contributed by atoms with Crippen molar-refractivity contribution in [1.29, 1.82) is 0 Å². The van der Waals surface area contributed by atoms with E-state index in [0.717, 1.165) is 10.6 Å². The molecule has 0 aliphatic heterocycles. The van der Waals surface area contributed by atoms with Gasteiger partial charge in [0.15, 0.2) is 0 Å². The molecule has 0 aliphatic carbocycles. The van der Waals surface area contributed by atoms with E-state index in [2.05, 4.69) is 15.5 Å². The highest BCUT2D eigenvalue weighted by Gasteiger charge is 2.09. The molecular formula is C18H19N3O3S. The third-order valence-corrected chi connectivity index (χ3v) is 4.30. The number of aromatic nitrogens is 2. The first kappa shape index (κ1) is 17.2. The van der Waals surface area contributed by atoms with Crippen LogP contribution in [0, 0.1) is 0 Å². The van der Waals surface area contributed by atoms with E-state index in [1.807, 2.05) is 47.8 Å². The molecule has 130 valence electrons. The molecule has 0 bridgehead atoms. The average molecular weight is 357 g/mol. The highest BCUT2D eigenvalue weighted by Crippen LogP contribution is 2.21. The predicted molar refractivity (Wildman–Crippen MR) is 95.5 cm³/mol. The summed E-state index contributed by atoms with van der Waals surface area (Å²) in [4.78, 5) is 17.1. The van der Waals surface area contributed by atoms with E-state index in [0.29, 0.717) is 44.1 Å². The van der Waals surface area contributed by atoms with Gasteiger partial charge in [-0.3, -0.25) is 4.79 Å². The minimum absolute atomic E-state index is 0.00495. The van der Waals surface area contributed by atoms with Gasteiger partial charge < -0.3 is 14.6 Å². The van der Waals surface area contributed by atoms with Crippen LogP contribution in [0.2, 0.25) is 0 Å². The van der Waals surface area contributed by atoms with Gasteiger partial charge in [0, 0.05) is 19.4 Å². The van der Waals surface area contributed by atoms with Crippen LogP contribution in [0.25, 0.3) is 10.7 Å². The molecule has 25 heavy (non-hydrogen) atoms. The number of nitrogens with zero attached hydrogens (tertiary/aromatic N) is 2. The maximum atomic E-state index is 11.8. The highest BCUT2D eigenvalue weighted by molar-refractivity contribution is 7.13. The Morgan fingerprint density at radius 2 is 2.08 bits per heavy atom. The van der Waals surface area contributed by atoms with Crippen LogP contribution in [0.1, 0.15) is 18.7 Å². The van der Waals surface area contributed by atoms with Crippen LogP contribution in [-0.4, -0.2) is 29.2 Å². The summed E-state index contributed by atoms with van der Waals surface area (Å²) in [5.74, 6) is 1.93. The summed E-state index contributed by atoms with van der Waals surface area (Å²) in [5, 5.41) is 8.76. The maximum Gasteiger partial charge on any atom is 0.228 e. The zero-order valence-corrected chi connectivity index (χ0v) is 14.5. The number of hydrogen-bond donors (Lipinski definition) is 1. The highest BCUT2D eigenvalue weighted by atomic mass is 32.1. The molecule has 7 heteroatoms. The molecule has 3 aromatic rings. The summed E-state index contributed by atoms with van der Waals surface area (Å²) >= 11 is 1.56. The van der Waals surface area contributed by atoms with Crippen molar-refractivity contribution in [2.45, 2.75) is 19.3 Å². The van der Waals surface area contributed by atoms with Gasteiger partial charge in [0.1, 0.15) is 5.75 Å². The second-order valence-corrected chi connectivity index (χ2v) is 6.30. The lowest BCUT2D eigenvalue weighted by atomic mass is 10.3. The van der Waals surface area contributed by atoms with Gasteiger partial charge in [-0.15, -0.1) is 11.3 Å². The zero-order chi connectivity index (χ0) is 17.3. The van der Waals surface area contributed by atoms with Crippen LogP contribution in [0.4, 0.5) is 0 Å². The van der Waals surface area contributed by atoms with Gasteiger partial charge in [-0.1, -0.05) is 29.4 Å². The summed E-state index contributed by atoms with van der Waals surface area (Å²) < 4.78 is 10.7. The zero-order valence-electron chi connectivity index (χ0n) is 13.7. The molecule has 0 atom stereocenters. The smallest absolute Gasteiger partial charge is 0.228 e. The van der Waals surface area contributed by atoms with Crippen LogP contribution >= 0.6 is 11.3 Å². The Bertz CT molecular complexity index is 772. The lowest BCUT2D eigenvalue weighted by Gasteiger charge is -2.06. The summed E-state index contributed by atoms with van der Waals surface area (Å²) in [6.07, 6.45) is 1.62. The van der Waals surface area contributed by atoms with Gasteiger partial charge in [-0.05, 0) is 30.0 Å². The third kappa shape index (κ3) is 5.42. The molecule has 1 N–H and O–H groups in total. The largest absolute Gasteiger partial charge is 0.494 e. The summed E-state index contributed by atoms with van der Waals surface area (Å²) in [6.45, 7) is 0.996. The summed E-state index contributed by atoms with van der Waals surface area (Å²) in [6, 6.07) is 13.5. The van der Waals surface area contributed by atoms with Crippen molar-refractivity contribution >= 4 is 17.2 Å². The molecule has 2 heterocycles. The minimum atomic E-state index is -0.00495. The Morgan fingerprint density at radius 3 is 2.88 bits per heavy atom. The van der Waals surface area contributed by atoms with E-state index in [1.54, 1.807) is 11.3 Å². The Labute approximate surface area is 149 Å². The number of carbonyl (C=O) groups excluding carboxylic acids is 1. The van der Waals surface area contributed by atoms with Crippen molar-refractivity contribution in [1.82, 2.24) is 15.5 Å². The number of ether oxygens (including phenoxy) is 1. The number of para-hydroxylation sites is 1. The fourth-order valence-corrected chi connectivity index (χ4v) is 2.85. The first-order valence-electron chi connectivity index (χ1n) is 8.12. The maximum absolute atomic E-state index is 11.8. The van der Waals surface area contributed by atoms with Gasteiger partial charge in [0.2, 0.25) is 17.6 Å². The molecule has 0 radical (unpaired) electrons. The van der Waals surface area contributed by atoms with E-state index in [-0.39, 0.29) is 5.91 Å². The number of nitrogens with one attached hydrogen (secondary N) is 1. The molecule has 2 aromatic heterocycles. The van der Waals surface area contributed by atoms with Crippen molar-refractivity contribution in [2.75, 3.05) is 13.2 Å². The molecule has 0 saturated carbocycles. The molecule has 1 amide bonds. The molecule has 0 fully saturated rings. The van der Waals surface area contributed by atoms with E-state index in [9.17, 15) is 4.79 Å². The lowest BCUT2D eigenvalue weighted by Crippen LogP contribution is -2.25. The molecule has 3 rings (SSSR count). The number of carbonyl (C=O) groups is 1. The number of benzene rings is 1. The molecule has 0 unspecified atom stereocenters. The molecule has 0 aliphatic rings. The molecule has 0 spiro atoms. The normalized spacial score (nSPS) is 10.6. The van der Waals surface area contributed by atoms with Crippen molar-refractivity contribution in [3.8, 4) is 16.5 Å². The first-order chi connectivity index (χ1) is 12.3. The summed E-state index contributed by atoms with van der Waals surface area (Å²) in [5.41, 5.74) is 0. The lowest BCUT2D eigenvalue weighted by molar-refractivity contribution is -0.121. The monoisotopic (exact) mass is 357 g/mol. The van der Waals surface area contributed by atoms with Gasteiger partial charge in [0.05, 0.1) is 11.5 Å². The quantitative estimate of drug-likeness (QED) is 0.595. The van der Waals surface area contributed by atoms with Crippen LogP contribution in [0.5, 0.6) is 5.75 Å². The first-order valence-corrected chi connectivity index (χ1v) is 9.00. The van der Waals surface area contributed by atoms with E-state index < -0.39 is 0 Å². The number of thiophene rings is 1. The van der Waals surface area contributed by atoms with Crippen molar-refractivity contribution in [2.24, 2.45) is 0 Å². The fraction of sp³-hybridized carbons (Fsp3) is 0.278. The van der Waals surface area contributed by atoms with Gasteiger partial charge in [0.25, 0.3) is 0 Å². The Morgan fingerprint density at radius 1 is 1.20 bits per heavy atom. The third-order valence-electron chi connectivity index (χ3n) is 3.43. The molecular weight excluding hydrogens is 338 g/mol. The SMILES string of the molecule is O=C(CCCOc1ccccc1)NCCc1nc(-c2cccs2)no1. The van der Waals surface area contributed by atoms with Crippen LogP contribution in [0.3, 0.4) is 0 Å². The Balaban J connectivity index is 1.30. The van der Waals surface area contributed by atoms with Crippen LogP contribution in [-0.2, 0) is 11.2 Å². The van der Waals surface area contributed by atoms with E-state index in [1.165, 1.54) is 0 Å². The van der Waals surface area contributed by atoms with Gasteiger partial charge in [-0.25, -0.2) is 0 Å². The second kappa shape index (κ2) is 8.98. The van der Waals surface area contributed by atoms with E-state index in [4.69, 9.17) is 9.26 Å². The van der Waals surface area contributed by atoms with E-state index >= 15 is 0 Å². The molecule has 1 aromatic carbocycles. The predicted octanol–water partition coefficient (Wildman–Crippen LogP) is 3.32. The molecule has 6 nitrogen and oxygen atoms in total. The van der Waals surface area contributed by atoms with Gasteiger partial charge in [-0.2, -0.15) is 4.98 Å². The summed E-state index contributed by atoms with van der Waals surface area (Å²) in [7, 11) is 0. The standard InChI is InChI=1S/C18H19N3O3S/c22-16(9-4-12-23-14-6-2-1-3-7-14)19-11-10-17-20-18(21-24-17)15-8-5-13-25-15/h1-3,5-8,13H,4,9-12H2,(H,19,22). The molecule has 0 saturated heterocycles. The van der Waals surface area contributed by atoms with Crippen LogP contribution in [0.15, 0.2) is 52.4 Å². The Hall–Kier alpha value is -2.67. The van der Waals surface area contributed by atoms with Gasteiger partial charge >= 0.3 is 0 Å². The second-order valence-electron chi connectivity index (χ2n) is 5.35.